The van der Waals surface area contributed by atoms with Gasteiger partial charge in [0, 0.05) is 25.5 Å². The van der Waals surface area contributed by atoms with Gasteiger partial charge in [-0.1, -0.05) is 6.07 Å². The first kappa shape index (κ1) is 14.9. The van der Waals surface area contributed by atoms with Crippen molar-refractivity contribution in [2.45, 2.75) is 19.9 Å². The van der Waals surface area contributed by atoms with Crippen LogP contribution in [0.3, 0.4) is 0 Å². The molecular formula is C15H20N4O2. The molecule has 0 bridgehead atoms. The Hall–Kier alpha value is -2.50. The van der Waals surface area contributed by atoms with Crippen molar-refractivity contribution >= 4 is 11.6 Å². The van der Waals surface area contributed by atoms with Crippen LogP contribution in [0.15, 0.2) is 36.9 Å². The quantitative estimate of drug-likeness (QED) is 0.600. The van der Waals surface area contributed by atoms with Crippen molar-refractivity contribution in [3.63, 3.8) is 0 Å². The van der Waals surface area contributed by atoms with Crippen LogP contribution in [0.5, 0.6) is 5.75 Å². The number of benzene rings is 1. The molecule has 21 heavy (non-hydrogen) atoms. The molecule has 112 valence electrons. The smallest absolute Gasteiger partial charge is 0.255 e. The summed E-state index contributed by atoms with van der Waals surface area (Å²) in [6.45, 7) is 3.72. The summed E-state index contributed by atoms with van der Waals surface area (Å²) in [5.74, 6) is 0.281. The van der Waals surface area contributed by atoms with Gasteiger partial charge in [-0.05, 0) is 25.5 Å². The second kappa shape index (κ2) is 7.33. The van der Waals surface area contributed by atoms with E-state index in [9.17, 15) is 4.79 Å². The number of hydrogen-bond donors (Lipinski definition) is 2. The van der Waals surface area contributed by atoms with Crippen molar-refractivity contribution in [1.82, 2.24) is 14.9 Å². The van der Waals surface area contributed by atoms with Gasteiger partial charge in [0.1, 0.15) is 0 Å². The standard InChI is InChI=1S/C15H20N4O2/c1-2-21-14-12(5-3-6-13(14)16)15(20)18-7-4-9-19-10-8-17-11-19/h3,5-6,8,10-11H,2,4,7,9,16H2,1H3,(H,18,20). The van der Waals surface area contributed by atoms with E-state index in [-0.39, 0.29) is 5.91 Å². The van der Waals surface area contributed by atoms with Crippen LogP contribution in [0, 0.1) is 0 Å². The van der Waals surface area contributed by atoms with Crippen molar-refractivity contribution < 1.29 is 9.53 Å². The molecule has 1 aromatic carbocycles. The lowest BCUT2D eigenvalue weighted by atomic mass is 10.1. The van der Waals surface area contributed by atoms with E-state index in [0.29, 0.717) is 30.2 Å². The number of aryl methyl sites for hydroxylation is 1. The van der Waals surface area contributed by atoms with Crippen molar-refractivity contribution in [3.05, 3.63) is 42.5 Å². The molecular weight excluding hydrogens is 268 g/mol. The molecule has 1 aromatic heterocycles. The zero-order valence-electron chi connectivity index (χ0n) is 12.1. The van der Waals surface area contributed by atoms with E-state index < -0.39 is 0 Å². The fourth-order valence-corrected chi connectivity index (χ4v) is 2.02. The molecule has 1 amide bonds. The van der Waals surface area contributed by atoms with Crippen LogP contribution < -0.4 is 15.8 Å². The number of nitrogens with two attached hydrogens (primary N) is 1. The summed E-state index contributed by atoms with van der Waals surface area (Å²) in [5, 5.41) is 2.88. The zero-order valence-corrected chi connectivity index (χ0v) is 12.1. The predicted octanol–water partition coefficient (Wildman–Crippen LogP) is 1.68. The highest BCUT2D eigenvalue weighted by Crippen LogP contribution is 2.26. The molecule has 3 N–H and O–H groups in total. The lowest BCUT2D eigenvalue weighted by Gasteiger charge is -2.12. The average Bonchev–Trinajstić information content (AvgIpc) is 2.99. The first-order chi connectivity index (χ1) is 10.2. The maximum absolute atomic E-state index is 12.2. The molecule has 6 heteroatoms. The number of anilines is 1. The molecule has 1 heterocycles. The summed E-state index contributed by atoms with van der Waals surface area (Å²) in [5.41, 5.74) is 6.80. The van der Waals surface area contributed by atoms with Gasteiger partial charge < -0.3 is 20.4 Å². The monoisotopic (exact) mass is 288 g/mol. The molecule has 0 spiro atoms. The Balaban J connectivity index is 1.89. The molecule has 0 fully saturated rings. The third-order valence-electron chi connectivity index (χ3n) is 3.02. The van der Waals surface area contributed by atoms with Crippen molar-refractivity contribution in [3.8, 4) is 5.75 Å². The molecule has 0 radical (unpaired) electrons. The number of nitrogen functional groups attached to an aromatic ring is 1. The number of amides is 1. The Kier molecular flexibility index (Phi) is 5.20. The summed E-state index contributed by atoms with van der Waals surface area (Å²) in [4.78, 5) is 16.2. The van der Waals surface area contributed by atoms with Crippen LogP contribution in [-0.2, 0) is 6.54 Å². The van der Waals surface area contributed by atoms with Crippen LogP contribution in [0.2, 0.25) is 0 Å². The van der Waals surface area contributed by atoms with Crippen molar-refractivity contribution in [1.29, 1.82) is 0 Å². The minimum absolute atomic E-state index is 0.170. The maximum atomic E-state index is 12.2. The first-order valence-electron chi connectivity index (χ1n) is 6.97. The summed E-state index contributed by atoms with van der Waals surface area (Å²) in [7, 11) is 0. The van der Waals surface area contributed by atoms with Gasteiger partial charge in [0.15, 0.2) is 5.75 Å². The Bertz CT molecular complexity index is 581. The van der Waals surface area contributed by atoms with Crippen LogP contribution in [0.25, 0.3) is 0 Å². The number of carbonyl (C=O) groups excluding carboxylic acids is 1. The summed E-state index contributed by atoms with van der Waals surface area (Å²) in [6.07, 6.45) is 6.22. The Morgan fingerprint density at radius 2 is 2.33 bits per heavy atom. The number of ether oxygens (including phenoxy) is 1. The number of para-hydroxylation sites is 1. The molecule has 6 nitrogen and oxygen atoms in total. The lowest BCUT2D eigenvalue weighted by molar-refractivity contribution is 0.0949. The molecule has 0 unspecified atom stereocenters. The fraction of sp³-hybridized carbons (Fsp3) is 0.333. The van der Waals surface area contributed by atoms with Crippen LogP contribution in [-0.4, -0.2) is 28.6 Å². The predicted molar refractivity (Wildman–Crippen MR) is 81.2 cm³/mol. The van der Waals surface area contributed by atoms with Gasteiger partial charge in [-0.2, -0.15) is 0 Å². The van der Waals surface area contributed by atoms with Gasteiger partial charge >= 0.3 is 0 Å². The van der Waals surface area contributed by atoms with Gasteiger partial charge in [-0.3, -0.25) is 4.79 Å². The van der Waals surface area contributed by atoms with Crippen molar-refractivity contribution in [2.24, 2.45) is 0 Å². The van der Waals surface area contributed by atoms with E-state index in [4.69, 9.17) is 10.5 Å². The normalized spacial score (nSPS) is 10.3. The number of nitrogens with one attached hydrogen (secondary N) is 1. The Morgan fingerprint density at radius 3 is 3.05 bits per heavy atom. The highest BCUT2D eigenvalue weighted by atomic mass is 16.5. The molecule has 0 aliphatic carbocycles. The number of rotatable bonds is 7. The topological polar surface area (TPSA) is 82.2 Å². The minimum atomic E-state index is -0.170. The largest absolute Gasteiger partial charge is 0.491 e. The summed E-state index contributed by atoms with van der Waals surface area (Å²) < 4.78 is 7.43. The molecule has 0 aliphatic rings. The first-order valence-corrected chi connectivity index (χ1v) is 6.97. The lowest BCUT2D eigenvalue weighted by Crippen LogP contribution is -2.26. The molecule has 0 atom stereocenters. The molecule has 2 rings (SSSR count). The number of hydrogen-bond acceptors (Lipinski definition) is 4. The van der Waals surface area contributed by atoms with Crippen molar-refractivity contribution in [2.75, 3.05) is 18.9 Å². The fourth-order valence-electron chi connectivity index (χ4n) is 2.02. The minimum Gasteiger partial charge on any atom is -0.491 e. The molecule has 2 aromatic rings. The highest BCUT2D eigenvalue weighted by Gasteiger charge is 2.14. The van der Waals surface area contributed by atoms with Crippen LogP contribution in [0.1, 0.15) is 23.7 Å². The summed E-state index contributed by atoms with van der Waals surface area (Å²) in [6, 6.07) is 5.19. The number of nitrogens with zero attached hydrogens (tertiary/aromatic N) is 2. The van der Waals surface area contributed by atoms with Crippen LogP contribution in [0.4, 0.5) is 5.69 Å². The van der Waals surface area contributed by atoms with E-state index in [1.54, 1.807) is 30.7 Å². The van der Waals surface area contributed by atoms with E-state index >= 15 is 0 Å². The van der Waals surface area contributed by atoms with Gasteiger partial charge in [0.2, 0.25) is 0 Å². The second-order valence-electron chi connectivity index (χ2n) is 4.57. The third kappa shape index (κ3) is 3.98. The van der Waals surface area contributed by atoms with Crippen LogP contribution >= 0.6 is 0 Å². The number of carbonyl (C=O) groups is 1. The Labute approximate surface area is 123 Å². The SMILES string of the molecule is CCOc1c(N)cccc1C(=O)NCCCn1ccnc1. The number of imidazole rings is 1. The third-order valence-corrected chi connectivity index (χ3v) is 3.02. The van der Waals surface area contributed by atoms with E-state index in [1.165, 1.54) is 0 Å². The van der Waals surface area contributed by atoms with Gasteiger partial charge in [0.25, 0.3) is 5.91 Å². The van der Waals surface area contributed by atoms with E-state index in [1.807, 2.05) is 17.7 Å². The van der Waals surface area contributed by atoms with Gasteiger partial charge in [-0.15, -0.1) is 0 Å². The van der Waals surface area contributed by atoms with Gasteiger partial charge in [-0.25, -0.2) is 4.98 Å². The second-order valence-corrected chi connectivity index (χ2v) is 4.57. The Morgan fingerprint density at radius 1 is 1.48 bits per heavy atom. The van der Waals surface area contributed by atoms with Gasteiger partial charge in [0.05, 0.1) is 24.2 Å². The average molecular weight is 288 g/mol. The molecule has 0 aliphatic heterocycles. The maximum Gasteiger partial charge on any atom is 0.255 e. The molecule has 0 saturated carbocycles. The summed E-state index contributed by atoms with van der Waals surface area (Å²) >= 11 is 0. The van der Waals surface area contributed by atoms with E-state index in [2.05, 4.69) is 10.3 Å². The number of aromatic nitrogens is 2. The van der Waals surface area contributed by atoms with E-state index in [0.717, 1.165) is 13.0 Å². The zero-order chi connectivity index (χ0) is 15.1. The highest BCUT2D eigenvalue weighted by molar-refractivity contribution is 5.98. The molecule has 0 saturated heterocycles.